The number of nitrogens with zero attached hydrogens (tertiary/aromatic N) is 1. The largest absolute Gasteiger partial charge is 0.512 e. The maximum Gasteiger partial charge on any atom is 0.337 e. The average Bonchev–Trinajstić information content (AvgIpc) is 3.62. The molecule has 0 spiro atoms. The molecule has 2 fully saturated rings. The van der Waals surface area contributed by atoms with Crippen LogP contribution in [0.1, 0.15) is 76.2 Å². The standard InChI is InChI=1S/C24H31NO5/c26-22-16-24(13-11-17-7-8-17,14-12-18-9-10-18)30-23(27)21(22)6-2-4-19-3-1-5-20(15-19)25(28)29/h1,3,5,15,17-18,26H,2,4,6-14,16H2. The molecule has 6 heteroatoms. The number of hydrogen-bond acceptors (Lipinski definition) is 5. The fourth-order valence-corrected chi connectivity index (χ4v) is 4.52. The van der Waals surface area contributed by atoms with Crippen LogP contribution in [0, 0.1) is 22.0 Å². The quantitative estimate of drug-likeness (QED) is 0.281. The topological polar surface area (TPSA) is 89.7 Å². The van der Waals surface area contributed by atoms with Crippen molar-refractivity contribution < 1.29 is 19.6 Å². The number of aliphatic hydroxyl groups is 1. The van der Waals surface area contributed by atoms with Crippen molar-refractivity contribution in [1.82, 2.24) is 0 Å². The van der Waals surface area contributed by atoms with Gasteiger partial charge in [0.2, 0.25) is 0 Å². The third kappa shape index (κ3) is 5.41. The predicted octanol–water partition coefficient (Wildman–Crippen LogP) is 5.80. The van der Waals surface area contributed by atoms with Gasteiger partial charge < -0.3 is 9.84 Å². The average molecular weight is 414 g/mol. The summed E-state index contributed by atoms with van der Waals surface area (Å²) in [7, 11) is 0. The lowest BCUT2D eigenvalue weighted by atomic mass is 9.83. The van der Waals surface area contributed by atoms with Crippen LogP contribution in [0.2, 0.25) is 0 Å². The molecule has 0 saturated heterocycles. The highest BCUT2D eigenvalue weighted by Crippen LogP contribution is 2.45. The molecule has 1 aromatic rings. The van der Waals surface area contributed by atoms with Gasteiger partial charge >= 0.3 is 5.97 Å². The number of non-ortho nitro benzene ring substituents is 1. The minimum absolute atomic E-state index is 0.0720. The molecule has 1 aromatic carbocycles. The molecule has 0 bridgehead atoms. The molecule has 3 aliphatic rings. The van der Waals surface area contributed by atoms with Crippen molar-refractivity contribution >= 4 is 11.7 Å². The van der Waals surface area contributed by atoms with Crippen LogP contribution in [0.5, 0.6) is 0 Å². The van der Waals surface area contributed by atoms with Crippen LogP contribution in [-0.4, -0.2) is 21.6 Å². The van der Waals surface area contributed by atoms with Gasteiger partial charge in [0.15, 0.2) is 0 Å². The van der Waals surface area contributed by atoms with Gasteiger partial charge in [-0.25, -0.2) is 4.79 Å². The van der Waals surface area contributed by atoms with Gasteiger partial charge in [-0.1, -0.05) is 37.8 Å². The Balaban J connectivity index is 1.37. The Morgan fingerprint density at radius 3 is 2.33 bits per heavy atom. The van der Waals surface area contributed by atoms with E-state index in [1.807, 2.05) is 6.07 Å². The Morgan fingerprint density at radius 2 is 1.77 bits per heavy atom. The number of carbonyl (C=O) groups is 1. The van der Waals surface area contributed by atoms with E-state index in [0.29, 0.717) is 31.3 Å². The molecule has 2 saturated carbocycles. The number of aliphatic hydroxyl groups excluding tert-OH is 1. The molecule has 2 aliphatic carbocycles. The van der Waals surface area contributed by atoms with E-state index in [1.54, 1.807) is 12.1 Å². The van der Waals surface area contributed by atoms with Crippen LogP contribution in [0.3, 0.4) is 0 Å². The summed E-state index contributed by atoms with van der Waals surface area (Å²) in [5.74, 6) is 1.36. The highest BCUT2D eigenvalue weighted by molar-refractivity contribution is 5.90. The number of rotatable bonds is 11. The highest BCUT2D eigenvalue weighted by Gasteiger charge is 2.43. The van der Waals surface area contributed by atoms with Gasteiger partial charge in [-0.2, -0.15) is 0 Å². The van der Waals surface area contributed by atoms with Crippen LogP contribution in [0.25, 0.3) is 0 Å². The first kappa shape index (κ1) is 20.9. The molecule has 0 amide bonds. The molecule has 1 heterocycles. The fourth-order valence-electron chi connectivity index (χ4n) is 4.52. The van der Waals surface area contributed by atoms with Crippen LogP contribution < -0.4 is 0 Å². The Hall–Kier alpha value is -2.37. The number of benzene rings is 1. The molecule has 0 unspecified atom stereocenters. The maximum atomic E-state index is 12.8. The molecular formula is C24H31NO5. The third-order valence-corrected chi connectivity index (χ3v) is 6.82. The number of nitro groups is 1. The number of hydrogen-bond donors (Lipinski definition) is 1. The van der Waals surface area contributed by atoms with E-state index in [-0.39, 0.29) is 17.4 Å². The van der Waals surface area contributed by atoms with E-state index in [0.717, 1.165) is 43.1 Å². The number of cyclic esters (lactones) is 1. The molecule has 0 aromatic heterocycles. The fraction of sp³-hybridized carbons (Fsp3) is 0.625. The van der Waals surface area contributed by atoms with E-state index < -0.39 is 10.5 Å². The summed E-state index contributed by atoms with van der Waals surface area (Å²) in [5, 5.41) is 21.7. The van der Waals surface area contributed by atoms with Crippen molar-refractivity contribution in [1.29, 1.82) is 0 Å². The number of nitro benzene ring substituents is 1. The highest BCUT2D eigenvalue weighted by atomic mass is 16.6. The molecule has 4 rings (SSSR count). The van der Waals surface area contributed by atoms with E-state index >= 15 is 0 Å². The summed E-state index contributed by atoms with van der Waals surface area (Å²) in [6, 6.07) is 6.56. The van der Waals surface area contributed by atoms with Crippen molar-refractivity contribution in [3.63, 3.8) is 0 Å². The Morgan fingerprint density at radius 1 is 1.10 bits per heavy atom. The van der Waals surface area contributed by atoms with Crippen molar-refractivity contribution in [2.75, 3.05) is 0 Å². The summed E-state index contributed by atoms with van der Waals surface area (Å²) >= 11 is 0. The zero-order valence-electron chi connectivity index (χ0n) is 17.5. The van der Waals surface area contributed by atoms with Crippen LogP contribution in [0.4, 0.5) is 5.69 Å². The van der Waals surface area contributed by atoms with Gasteiger partial charge in [-0.15, -0.1) is 0 Å². The van der Waals surface area contributed by atoms with Crippen LogP contribution in [0.15, 0.2) is 35.6 Å². The minimum Gasteiger partial charge on any atom is -0.512 e. The Kier molecular flexibility index (Phi) is 6.11. The van der Waals surface area contributed by atoms with Gasteiger partial charge in [-0.3, -0.25) is 10.1 Å². The summed E-state index contributed by atoms with van der Waals surface area (Å²) in [5.41, 5.74) is 0.781. The molecule has 0 radical (unpaired) electrons. The zero-order chi connectivity index (χ0) is 21.1. The second kappa shape index (κ2) is 8.78. The lowest BCUT2D eigenvalue weighted by Crippen LogP contribution is -2.40. The molecule has 1 aliphatic heterocycles. The van der Waals surface area contributed by atoms with Gasteiger partial charge in [0.25, 0.3) is 5.69 Å². The number of ether oxygens (including phenoxy) is 1. The zero-order valence-corrected chi connectivity index (χ0v) is 17.5. The molecule has 162 valence electrons. The summed E-state index contributed by atoms with van der Waals surface area (Å²) in [4.78, 5) is 23.3. The van der Waals surface area contributed by atoms with Gasteiger partial charge in [0.05, 0.1) is 10.5 Å². The number of esters is 1. The van der Waals surface area contributed by atoms with Crippen LogP contribution in [-0.2, 0) is 16.0 Å². The Labute approximate surface area is 177 Å². The first-order valence-electron chi connectivity index (χ1n) is 11.3. The molecule has 1 N–H and O–H groups in total. The SMILES string of the molecule is O=C1OC(CCC2CC2)(CCC2CC2)CC(O)=C1CCCc1cccc([N+](=O)[O-])c1. The Bertz CT molecular complexity index is 822. The lowest BCUT2D eigenvalue weighted by Gasteiger charge is -2.37. The molecule has 30 heavy (non-hydrogen) atoms. The molecular weight excluding hydrogens is 382 g/mol. The third-order valence-electron chi connectivity index (χ3n) is 6.82. The summed E-state index contributed by atoms with van der Waals surface area (Å²) < 4.78 is 6.02. The summed E-state index contributed by atoms with van der Waals surface area (Å²) in [6.07, 6.45) is 11.1. The lowest BCUT2D eigenvalue weighted by molar-refractivity contribution is -0.384. The van der Waals surface area contributed by atoms with E-state index in [4.69, 9.17) is 4.74 Å². The van der Waals surface area contributed by atoms with Crippen molar-refractivity contribution in [3.8, 4) is 0 Å². The monoisotopic (exact) mass is 413 g/mol. The first-order chi connectivity index (χ1) is 14.4. The molecule has 0 atom stereocenters. The second-order valence-electron chi connectivity index (χ2n) is 9.42. The summed E-state index contributed by atoms with van der Waals surface area (Å²) in [6.45, 7) is 0. The van der Waals surface area contributed by atoms with Crippen molar-refractivity contribution in [3.05, 3.63) is 51.3 Å². The molecule has 6 nitrogen and oxygen atoms in total. The van der Waals surface area contributed by atoms with Crippen molar-refractivity contribution in [2.45, 2.75) is 82.7 Å². The van der Waals surface area contributed by atoms with E-state index in [9.17, 15) is 20.0 Å². The van der Waals surface area contributed by atoms with Crippen LogP contribution >= 0.6 is 0 Å². The van der Waals surface area contributed by atoms with Gasteiger partial charge in [0.1, 0.15) is 11.4 Å². The smallest absolute Gasteiger partial charge is 0.337 e. The maximum absolute atomic E-state index is 12.8. The minimum atomic E-state index is -0.532. The first-order valence-corrected chi connectivity index (χ1v) is 11.3. The van der Waals surface area contributed by atoms with E-state index in [2.05, 4.69) is 0 Å². The van der Waals surface area contributed by atoms with Gasteiger partial charge in [0, 0.05) is 18.6 Å². The second-order valence-corrected chi connectivity index (χ2v) is 9.42. The number of aryl methyl sites for hydroxylation is 1. The predicted molar refractivity (Wildman–Crippen MR) is 113 cm³/mol. The van der Waals surface area contributed by atoms with Crippen molar-refractivity contribution in [2.24, 2.45) is 11.8 Å². The van der Waals surface area contributed by atoms with Gasteiger partial charge in [-0.05, 0) is 62.3 Å². The van der Waals surface area contributed by atoms with E-state index in [1.165, 1.54) is 31.7 Å². The number of carbonyl (C=O) groups excluding carboxylic acids is 1. The normalized spacial score (nSPS) is 20.9.